The maximum absolute atomic E-state index is 10.3. The molecule has 0 N–H and O–H groups in total. The number of esters is 1. The van der Waals surface area contributed by atoms with Gasteiger partial charge in [-0.1, -0.05) is 48.5 Å². The molecule has 0 fully saturated rings. The van der Waals surface area contributed by atoms with Crippen molar-refractivity contribution < 1.29 is 9.53 Å². The molecular weight excluding hydrogens is 176 g/mol. The SMILES string of the molecule is CC.CC.CC(=O)OCC(C)C(C)C. The quantitative estimate of drug-likeness (QED) is 0.652. The summed E-state index contributed by atoms with van der Waals surface area (Å²) in [6.07, 6.45) is 0. The van der Waals surface area contributed by atoms with E-state index in [1.807, 2.05) is 27.7 Å². The minimum Gasteiger partial charge on any atom is -0.466 e. The molecule has 0 aliphatic rings. The smallest absolute Gasteiger partial charge is 0.302 e. The number of hydrogen-bond acceptors (Lipinski definition) is 2. The van der Waals surface area contributed by atoms with Crippen LogP contribution in [0.25, 0.3) is 0 Å². The molecule has 2 heteroatoms. The second kappa shape index (κ2) is 15.0. The first-order valence-corrected chi connectivity index (χ1v) is 5.67. The van der Waals surface area contributed by atoms with Crippen LogP contribution in [0.1, 0.15) is 55.4 Å². The van der Waals surface area contributed by atoms with Gasteiger partial charge in [0, 0.05) is 6.92 Å². The highest BCUT2D eigenvalue weighted by atomic mass is 16.5. The van der Waals surface area contributed by atoms with Crippen LogP contribution in [0.3, 0.4) is 0 Å². The summed E-state index contributed by atoms with van der Waals surface area (Å²) in [4.78, 5) is 10.3. The van der Waals surface area contributed by atoms with Crippen molar-refractivity contribution >= 4 is 5.97 Å². The Kier molecular flexibility index (Phi) is 20.4. The van der Waals surface area contributed by atoms with E-state index in [4.69, 9.17) is 4.74 Å². The molecule has 0 saturated carbocycles. The van der Waals surface area contributed by atoms with Crippen molar-refractivity contribution in [1.29, 1.82) is 0 Å². The van der Waals surface area contributed by atoms with Crippen molar-refractivity contribution in [1.82, 2.24) is 0 Å². The van der Waals surface area contributed by atoms with Crippen LogP contribution >= 0.6 is 0 Å². The van der Waals surface area contributed by atoms with Crippen LogP contribution in [-0.2, 0) is 9.53 Å². The molecule has 0 heterocycles. The maximum atomic E-state index is 10.3. The van der Waals surface area contributed by atoms with Gasteiger partial charge in [-0.15, -0.1) is 0 Å². The second-order valence-corrected chi connectivity index (χ2v) is 3.02. The molecule has 0 aromatic carbocycles. The van der Waals surface area contributed by atoms with E-state index in [1.165, 1.54) is 6.92 Å². The first kappa shape index (κ1) is 19.1. The van der Waals surface area contributed by atoms with Crippen LogP contribution in [0, 0.1) is 11.8 Å². The molecule has 14 heavy (non-hydrogen) atoms. The highest BCUT2D eigenvalue weighted by Gasteiger charge is 2.07. The van der Waals surface area contributed by atoms with Gasteiger partial charge in [-0.25, -0.2) is 0 Å². The van der Waals surface area contributed by atoms with Crippen LogP contribution in [0.5, 0.6) is 0 Å². The predicted molar refractivity (Wildman–Crippen MR) is 63.3 cm³/mol. The Labute approximate surface area is 90.0 Å². The molecule has 1 unspecified atom stereocenters. The monoisotopic (exact) mass is 204 g/mol. The van der Waals surface area contributed by atoms with Crippen molar-refractivity contribution in [3.63, 3.8) is 0 Å². The molecule has 0 amide bonds. The van der Waals surface area contributed by atoms with Gasteiger partial charge in [-0.2, -0.15) is 0 Å². The third-order valence-corrected chi connectivity index (χ3v) is 1.69. The Balaban J connectivity index is -0.000000266. The molecular formula is C12H28O2. The summed E-state index contributed by atoms with van der Waals surface area (Å²) in [7, 11) is 0. The highest BCUT2D eigenvalue weighted by molar-refractivity contribution is 5.65. The van der Waals surface area contributed by atoms with Gasteiger partial charge >= 0.3 is 5.97 Å². The first-order valence-electron chi connectivity index (χ1n) is 5.67. The van der Waals surface area contributed by atoms with E-state index in [1.54, 1.807) is 0 Å². The van der Waals surface area contributed by atoms with Gasteiger partial charge in [-0.05, 0) is 11.8 Å². The Morgan fingerprint density at radius 1 is 1.07 bits per heavy atom. The first-order chi connectivity index (χ1) is 6.54. The molecule has 0 saturated heterocycles. The van der Waals surface area contributed by atoms with Crippen molar-refractivity contribution in [2.24, 2.45) is 11.8 Å². The fraction of sp³-hybridized carbons (Fsp3) is 0.917. The molecule has 0 spiro atoms. The van der Waals surface area contributed by atoms with Crippen LogP contribution in [0.2, 0.25) is 0 Å². The third kappa shape index (κ3) is 17.5. The lowest BCUT2D eigenvalue weighted by Crippen LogP contribution is -2.14. The Bertz CT molecular complexity index is 109. The fourth-order valence-corrected chi connectivity index (χ4v) is 0.441. The van der Waals surface area contributed by atoms with Crippen molar-refractivity contribution in [2.75, 3.05) is 6.61 Å². The molecule has 2 nitrogen and oxygen atoms in total. The predicted octanol–water partition coefficient (Wildman–Crippen LogP) is 3.89. The van der Waals surface area contributed by atoms with Gasteiger partial charge in [0.15, 0.2) is 0 Å². The van der Waals surface area contributed by atoms with E-state index in [0.29, 0.717) is 18.4 Å². The minimum atomic E-state index is -0.187. The standard InChI is InChI=1S/C8H16O2.2C2H6/c1-6(2)7(3)5-10-8(4)9;2*1-2/h6-7H,5H2,1-4H3;2*1-2H3. The number of carbonyl (C=O) groups excluding carboxylic acids is 1. The molecule has 0 aliphatic carbocycles. The maximum Gasteiger partial charge on any atom is 0.302 e. The molecule has 0 aromatic heterocycles. The third-order valence-electron chi connectivity index (χ3n) is 1.69. The number of carbonyl (C=O) groups is 1. The van der Waals surface area contributed by atoms with E-state index >= 15 is 0 Å². The lowest BCUT2D eigenvalue weighted by molar-refractivity contribution is -0.142. The zero-order valence-electron chi connectivity index (χ0n) is 11.2. The summed E-state index contributed by atoms with van der Waals surface area (Å²) in [5.41, 5.74) is 0. The van der Waals surface area contributed by atoms with E-state index in [-0.39, 0.29) is 5.97 Å². The van der Waals surface area contributed by atoms with Crippen molar-refractivity contribution in [2.45, 2.75) is 55.4 Å². The van der Waals surface area contributed by atoms with E-state index in [2.05, 4.69) is 20.8 Å². The molecule has 0 radical (unpaired) electrons. The van der Waals surface area contributed by atoms with Gasteiger partial charge in [0.1, 0.15) is 0 Å². The number of hydrogen-bond donors (Lipinski definition) is 0. The summed E-state index contributed by atoms with van der Waals surface area (Å²) in [6, 6.07) is 0. The normalized spacial score (nSPS) is 10.4. The van der Waals surface area contributed by atoms with Crippen molar-refractivity contribution in [3.05, 3.63) is 0 Å². The number of ether oxygens (including phenoxy) is 1. The molecule has 0 rings (SSSR count). The Hall–Kier alpha value is -0.530. The molecule has 0 aromatic rings. The summed E-state index contributed by atoms with van der Waals surface area (Å²) >= 11 is 0. The van der Waals surface area contributed by atoms with Gasteiger partial charge < -0.3 is 4.74 Å². The van der Waals surface area contributed by atoms with Crippen LogP contribution in [-0.4, -0.2) is 12.6 Å². The average molecular weight is 204 g/mol. The average Bonchev–Trinajstić information content (AvgIpc) is 2.20. The molecule has 0 bridgehead atoms. The minimum absolute atomic E-state index is 0.187. The summed E-state index contributed by atoms with van der Waals surface area (Å²) in [6.45, 7) is 16.3. The van der Waals surface area contributed by atoms with Gasteiger partial charge in [0.05, 0.1) is 6.61 Å². The topological polar surface area (TPSA) is 26.3 Å². The van der Waals surface area contributed by atoms with E-state index < -0.39 is 0 Å². The molecule has 88 valence electrons. The molecule has 0 aliphatic heterocycles. The van der Waals surface area contributed by atoms with Gasteiger partial charge in [0.2, 0.25) is 0 Å². The van der Waals surface area contributed by atoms with Crippen LogP contribution in [0.15, 0.2) is 0 Å². The van der Waals surface area contributed by atoms with Gasteiger partial charge in [-0.3, -0.25) is 4.79 Å². The second-order valence-electron chi connectivity index (χ2n) is 3.02. The van der Waals surface area contributed by atoms with Crippen LogP contribution < -0.4 is 0 Å². The van der Waals surface area contributed by atoms with Gasteiger partial charge in [0.25, 0.3) is 0 Å². The largest absolute Gasteiger partial charge is 0.466 e. The Morgan fingerprint density at radius 3 is 1.64 bits per heavy atom. The summed E-state index contributed by atoms with van der Waals surface area (Å²) < 4.78 is 4.83. The van der Waals surface area contributed by atoms with E-state index in [0.717, 1.165) is 0 Å². The summed E-state index contributed by atoms with van der Waals surface area (Å²) in [5.74, 6) is 0.857. The zero-order valence-corrected chi connectivity index (χ0v) is 11.2. The van der Waals surface area contributed by atoms with Crippen molar-refractivity contribution in [3.8, 4) is 0 Å². The zero-order chi connectivity index (χ0) is 12.1. The van der Waals surface area contributed by atoms with Crippen LogP contribution in [0.4, 0.5) is 0 Å². The Morgan fingerprint density at radius 2 is 1.43 bits per heavy atom. The highest BCUT2D eigenvalue weighted by Crippen LogP contribution is 2.09. The molecule has 1 atom stereocenters. The fourth-order valence-electron chi connectivity index (χ4n) is 0.441. The number of rotatable bonds is 3. The summed E-state index contributed by atoms with van der Waals surface area (Å²) in [5, 5.41) is 0. The lowest BCUT2D eigenvalue weighted by Gasteiger charge is -2.14. The van der Waals surface area contributed by atoms with E-state index in [9.17, 15) is 4.79 Å². The lowest BCUT2D eigenvalue weighted by atomic mass is 9.99.